The van der Waals surface area contributed by atoms with E-state index in [0.717, 1.165) is 19.3 Å². The molecule has 3 nitrogen and oxygen atoms in total. The number of aliphatic carboxylic acids is 1. The molecule has 2 rings (SSSR count). The third kappa shape index (κ3) is 3.58. The lowest BCUT2D eigenvalue weighted by molar-refractivity contribution is -0.131. The van der Waals surface area contributed by atoms with Gasteiger partial charge in [-0.1, -0.05) is 12.1 Å². The van der Waals surface area contributed by atoms with Gasteiger partial charge in [0, 0.05) is 11.8 Å². The SMILES string of the molecule is O=C(O)C=Cc1ccc(CSC2COC2)c(F)c1. The smallest absolute Gasteiger partial charge is 0.328 e. The summed E-state index contributed by atoms with van der Waals surface area (Å²) >= 11 is 1.68. The summed E-state index contributed by atoms with van der Waals surface area (Å²) in [5, 5.41) is 8.95. The van der Waals surface area contributed by atoms with Crippen molar-refractivity contribution in [2.45, 2.75) is 11.0 Å². The van der Waals surface area contributed by atoms with Crippen LogP contribution in [0.15, 0.2) is 24.3 Å². The highest BCUT2D eigenvalue weighted by Gasteiger charge is 2.19. The molecule has 1 heterocycles. The maximum absolute atomic E-state index is 13.7. The molecule has 18 heavy (non-hydrogen) atoms. The molecular weight excluding hydrogens is 255 g/mol. The fourth-order valence-electron chi connectivity index (χ4n) is 1.47. The Morgan fingerprint density at radius 1 is 1.56 bits per heavy atom. The van der Waals surface area contributed by atoms with E-state index in [4.69, 9.17) is 9.84 Å². The molecule has 1 aliphatic rings. The second-order valence-corrected chi connectivity index (χ2v) is 5.28. The zero-order valence-electron chi connectivity index (χ0n) is 9.64. The summed E-state index contributed by atoms with van der Waals surface area (Å²) in [5.74, 6) is -0.724. The van der Waals surface area contributed by atoms with Crippen LogP contribution in [0.3, 0.4) is 0 Å². The van der Waals surface area contributed by atoms with Crippen molar-refractivity contribution in [1.82, 2.24) is 0 Å². The Hall–Kier alpha value is -1.33. The molecular formula is C13H13FO3S. The Labute approximate surface area is 109 Å². The third-order valence-corrected chi connectivity index (χ3v) is 3.80. The zero-order valence-corrected chi connectivity index (χ0v) is 10.5. The van der Waals surface area contributed by atoms with Gasteiger partial charge in [-0.15, -0.1) is 11.8 Å². The van der Waals surface area contributed by atoms with Gasteiger partial charge in [0.15, 0.2) is 0 Å². The number of carboxylic acid groups (broad SMARTS) is 1. The Bertz CT molecular complexity index is 469. The van der Waals surface area contributed by atoms with Crippen LogP contribution in [0.5, 0.6) is 0 Å². The Balaban J connectivity index is 1.97. The molecule has 0 amide bonds. The Morgan fingerprint density at radius 3 is 2.89 bits per heavy atom. The van der Waals surface area contributed by atoms with Crippen LogP contribution in [0.2, 0.25) is 0 Å². The van der Waals surface area contributed by atoms with Gasteiger partial charge in [0.25, 0.3) is 0 Å². The lowest BCUT2D eigenvalue weighted by atomic mass is 10.1. The van der Waals surface area contributed by atoms with E-state index < -0.39 is 5.97 Å². The van der Waals surface area contributed by atoms with Gasteiger partial charge in [0.2, 0.25) is 0 Å². The average Bonchev–Trinajstić information content (AvgIpc) is 2.26. The molecule has 1 saturated heterocycles. The topological polar surface area (TPSA) is 46.5 Å². The van der Waals surface area contributed by atoms with Gasteiger partial charge >= 0.3 is 5.97 Å². The molecule has 1 N–H and O–H groups in total. The molecule has 0 unspecified atom stereocenters. The molecule has 0 radical (unpaired) electrons. The van der Waals surface area contributed by atoms with E-state index in [1.54, 1.807) is 23.9 Å². The molecule has 0 aliphatic carbocycles. The first-order valence-electron chi connectivity index (χ1n) is 5.54. The highest BCUT2D eigenvalue weighted by atomic mass is 32.2. The molecule has 1 aromatic rings. The number of carbonyl (C=O) groups is 1. The number of halogens is 1. The number of benzene rings is 1. The number of hydrogen-bond donors (Lipinski definition) is 1. The normalized spacial score (nSPS) is 15.8. The quantitative estimate of drug-likeness (QED) is 0.834. The minimum Gasteiger partial charge on any atom is -0.478 e. The third-order valence-electron chi connectivity index (χ3n) is 2.58. The molecule has 96 valence electrons. The summed E-state index contributed by atoms with van der Waals surface area (Å²) in [6.07, 6.45) is 2.37. The van der Waals surface area contributed by atoms with Crippen LogP contribution in [0.25, 0.3) is 6.08 Å². The van der Waals surface area contributed by atoms with Crippen LogP contribution in [0.1, 0.15) is 11.1 Å². The summed E-state index contributed by atoms with van der Waals surface area (Å²) in [4.78, 5) is 10.3. The van der Waals surface area contributed by atoms with Gasteiger partial charge in [0.1, 0.15) is 5.82 Å². The summed E-state index contributed by atoms with van der Waals surface area (Å²) in [6, 6.07) is 4.77. The maximum atomic E-state index is 13.7. The molecule has 0 bridgehead atoms. The van der Waals surface area contributed by atoms with Gasteiger partial charge < -0.3 is 9.84 Å². The molecule has 0 aromatic heterocycles. The van der Waals surface area contributed by atoms with Crippen molar-refractivity contribution in [3.05, 3.63) is 41.2 Å². The number of rotatable bonds is 5. The van der Waals surface area contributed by atoms with Crippen LogP contribution < -0.4 is 0 Å². The highest BCUT2D eigenvalue weighted by molar-refractivity contribution is 7.99. The summed E-state index contributed by atoms with van der Waals surface area (Å²) in [5.41, 5.74) is 1.19. The van der Waals surface area contributed by atoms with E-state index in [1.165, 1.54) is 12.1 Å². The molecule has 0 atom stereocenters. The number of ether oxygens (including phenoxy) is 1. The first-order valence-corrected chi connectivity index (χ1v) is 6.59. The van der Waals surface area contributed by atoms with Crippen molar-refractivity contribution in [3.8, 4) is 0 Å². The van der Waals surface area contributed by atoms with E-state index in [1.807, 2.05) is 0 Å². The van der Waals surface area contributed by atoms with E-state index in [-0.39, 0.29) is 5.82 Å². The minimum absolute atomic E-state index is 0.296. The van der Waals surface area contributed by atoms with E-state index in [9.17, 15) is 9.18 Å². The molecule has 5 heteroatoms. The molecule has 0 saturated carbocycles. The minimum atomic E-state index is -1.04. The lowest BCUT2D eigenvalue weighted by Crippen LogP contribution is -2.30. The Kier molecular flexibility index (Phi) is 4.38. The van der Waals surface area contributed by atoms with Crippen LogP contribution in [0.4, 0.5) is 4.39 Å². The highest BCUT2D eigenvalue weighted by Crippen LogP contribution is 2.25. The van der Waals surface area contributed by atoms with Gasteiger partial charge in [0.05, 0.1) is 18.5 Å². The fraction of sp³-hybridized carbons (Fsp3) is 0.308. The number of thioether (sulfide) groups is 1. The van der Waals surface area contributed by atoms with Gasteiger partial charge in [-0.2, -0.15) is 0 Å². The standard InChI is InChI=1S/C13H13FO3S/c14-12-5-9(2-4-13(15)16)1-3-10(12)8-18-11-6-17-7-11/h1-5,11H,6-8H2,(H,15,16). The van der Waals surface area contributed by atoms with Crippen molar-refractivity contribution in [2.24, 2.45) is 0 Å². The predicted molar refractivity (Wildman–Crippen MR) is 69.0 cm³/mol. The zero-order chi connectivity index (χ0) is 13.0. The molecule has 1 aromatic carbocycles. The summed E-state index contributed by atoms with van der Waals surface area (Å²) in [6.45, 7) is 1.48. The van der Waals surface area contributed by atoms with Crippen molar-refractivity contribution in [3.63, 3.8) is 0 Å². The van der Waals surface area contributed by atoms with Crippen molar-refractivity contribution in [2.75, 3.05) is 13.2 Å². The van der Waals surface area contributed by atoms with E-state index in [2.05, 4.69) is 0 Å². The summed E-state index contributed by atoms with van der Waals surface area (Å²) < 4.78 is 18.8. The first kappa shape index (κ1) is 13.1. The van der Waals surface area contributed by atoms with E-state index >= 15 is 0 Å². The second-order valence-electron chi connectivity index (χ2n) is 3.99. The van der Waals surface area contributed by atoms with Crippen LogP contribution in [-0.4, -0.2) is 29.5 Å². The average molecular weight is 268 g/mol. The molecule has 0 spiro atoms. The van der Waals surface area contributed by atoms with Crippen LogP contribution >= 0.6 is 11.8 Å². The van der Waals surface area contributed by atoms with E-state index in [0.29, 0.717) is 22.1 Å². The predicted octanol–water partition coefficient (Wildman–Crippen LogP) is 2.56. The largest absolute Gasteiger partial charge is 0.478 e. The summed E-state index contributed by atoms with van der Waals surface area (Å²) in [7, 11) is 0. The monoisotopic (exact) mass is 268 g/mol. The molecule has 1 aliphatic heterocycles. The lowest BCUT2D eigenvalue weighted by Gasteiger charge is -2.25. The number of carboxylic acids is 1. The van der Waals surface area contributed by atoms with Gasteiger partial charge in [-0.25, -0.2) is 9.18 Å². The van der Waals surface area contributed by atoms with Crippen LogP contribution in [-0.2, 0) is 15.3 Å². The van der Waals surface area contributed by atoms with Crippen molar-refractivity contribution >= 4 is 23.8 Å². The maximum Gasteiger partial charge on any atom is 0.328 e. The van der Waals surface area contributed by atoms with Crippen molar-refractivity contribution < 1.29 is 19.0 Å². The van der Waals surface area contributed by atoms with Gasteiger partial charge in [-0.05, 0) is 23.3 Å². The molecule has 1 fully saturated rings. The number of hydrogen-bond acceptors (Lipinski definition) is 3. The fourth-order valence-corrected chi connectivity index (χ4v) is 2.50. The van der Waals surface area contributed by atoms with Crippen LogP contribution in [0, 0.1) is 5.82 Å². The first-order chi connectivity index (χ1) is 8.65. The van der Waals surface area contributed by atoms with Gasteiger partial charge in [-0.3, -0.25) is 0 Å². The Morgan fingerprint density at radius 2 is 2.33 bits per heavy atom. The second kappa shape index (κ2) is 6.02. The van der Waals surface area contributed by atoms with Crippen molar-refractivity contribution in [1.29, 1.82) is 0 Å².